The van der Waals surface area contributed by atoms with Gasteiger partial charge >= 0.3 is 0 Å². The van der Waals surface area contributed by atoms with Crippen molar-refractivity contribution in [3.8, 4) is 0 Å². The molecule has 1 aromatic rings. The van der Waals surface area contributed by atoms with Crippen LogP contribution in [0.5, 0.6) is 0 Å². The van der Waals surface area contributed by atoms with Crippen molar-refractivity contribution in [2.24, 2.45) is 0 Å². The van der Waals surface area contributed by atoms with Gasteiger partial charge in [-0.3, -0.25) is 4.79 Å². The molecule has 0 aliphatic rings. The number of hydrogen-bond acceptors (Lipinski definition) is 3. The monoisotopic (exact) mass is 228 g/mol. The van der Waals surface area contributed by atoms with Crippen LogP contribution in [0.1, 0.15) is 16.8 Å². The van der Waals surface area contributed by atoms with E-state index in [1.807, 2.05) is 0 Å². The normalized spacial score (nSPS) is 10.3. The second-order valence-electron chi connectivity index (χ2n) is 2.97. The van der Waals surface area contributed by atoms with Gasteiger partial charge in [-0.15, -0.1) is 11.8 Å². The Labute approximate surface area is 92.8 Å². The lowest BCUT2D eigenvalue weighted by Crippen LogP contribution is -1.94. The van der Waals surface area contributed by atoms with Gasteiger partial charge in [-0.05, 0) is 12.5 Å². The first-order chi connectivity index (χ1) is 7.29. The zero-order chi connectivity index (χ0) is 11.1. The molecule has 0 fully saturated rings. The van der Waals surface area contributed by atoms with Crippen molar-refractivity contribution >= 4 is 18.0 Å². The lowest BCUT2D eigenvalue weighted by molar-refractivity contribution is 0.112. The van der Waals surface area contributed by atoms with Crippen molar-refractivity contribution < 1.29 is 13.9 Å². The number of aldehydes is 1. The Kier molecular flexibility index (Phi) is 5.36. The van der Waals surface area contributed by atoms with Gasteiger partial charge in [0.1, 0.15) is 5.82 Å². The predicted molar refractivity (Wildman–Crippen MR) is 59.0 cm³/mol. The maximum Gasteiger partial charge on any atom is 0.151 e. The number of benzene rings is 1. The van der Waals surface area contributed by atoms with Crippen LogP contribution in [0.25, 0.3) is 0 Å². The number of methoxy groups -OCH3 is 1. The molecule has 0 aliphatic heterocycles. The van der Waals surface area contributed by atoms with E-state index in [2.05, 4.69) is 0 Å². The zero-order valence-electron chi connectivity index (χ0n) is 8.53. The lowest BCUT2D eigenvalue weighted by Gasteiger charge is -2.05. The highest BCUT2D eigenvalue weighted by atomic mass is 32.2. The van der Waals surface area contributed by atoms with Crippen molar-refractivity contribution in [3.05, 3.63) is 29.6 Å². The van der Waals surface area contributed by atoms with Crippen LogP contribution in [-0.2, 0) is 4.74 Å². The summed E-state index contributed by atoms with van der Waals surface area (Å²) in [5.41, 5.74) is 0.414. The first-order valence-corrected chi connectivity index (χ1v) is 5.63. The van der Waals surface area contributed by atoms with Gasteiger partial charge in [0.25, 0.3) is 0 Å². The molecule has 0 atom stereocenters. The molecule has 0 unspecified atom stereocenters. The van der Waals surface area contributed by atoms with E-state index in [-0.39, 0.29) is 5.82 Å². The van der Waals surface area contributed by atoms with E-state index in [0.717, 1.165) is 12.2 Å². The van der Waals surface area contributed by atoms with Gasteiger partial charge in [-0.2, -0.15) is 0 Å². The molecule has 0 saturated carbocycles. The molecule has 1 rings (SSSR count). The Hall–Kier alpha value is -0.870. The highest BCUT2D eigenvalue weighted by Crippen LogP contribution is 2.25. The molecule has 4 heteroatoms. The van der Waals surface area contributed by atoms with E-state index >= 15 is 0 Å². The number of thioether (sulfide) groups is 1. The molecule has 0 spiro atoms. The summed E-state index contributed by atoms with van der Waals surface area (Å²) in [6, 6.07) is 4.53. The van der Waals surface area contributed by atoms with E-state index in [4.69, 9.17) is 4.74 Å². The molecule has 0 aromatic heterocycles. The number of halogens is 1. The Bertz CT molecular complexity index is 328. The van der Waals surface area contributed by atoms with Gasteiger partial charge in [0.2, 0.25) is 0 Å². The molecule has 15 heavy (non-hydrogen) atoms. The number of carbonyl (C=O) groups is 1. The summed E-state index contributed by atoms with van der Waals surface area (Å²) in [6.07, 6.45) is 1.52. The van der Waals surface area contributed by atoms with Crippen molar-refractivity contribution in [1.82, 2.24) is 0 Å². The van der Waals surface area contributed by atoms with E-state index < -0.39 is 0 Å². The lowest BCUT2D eigenvalue weighted by atomic mass is 10.2. The molecule has 2 nitrogen and oxygen atoms in total. The largest absolute Gasteiger partial charge is 0.385 e. The SMILES string of the molecule is COCCCSc1c(F)cccc1C=O. The van der Waals surface area contributed by atoms with Crippen LogP contribution in [0.2, 0.25) is 0 Å². The fraction of sp³-hybridized carbons (Fsp3) is 0.364. The highest BCUT2D eigenvalue weighted by molar-refractivity contribution is 7.99. The summed E-state index contributed by atoms with van der Waals surface area (Å²) in [4.78, 5) is 11.1. The van der Waals surface area contributed by atoms with Gasteiger partial charge in [0, 0.05) is 25.0 Å². The van der Waals surface area contributed by atoms with Crippen LogP contribution < -0.4 is 0 Å². The topological polar surface area (TPSA) is 26.3 Å². The minimum Gasteiger partial charge on any atom is -0.385 e. The molecule has 82 valence electrons. The second-order valence-corrected chi connectivity index (χ2v) is 4.08. The highest BCUT2D eigenvalue weighted by Gasteiger charge is 2.07. The van der Waals surface area contributed by atoms with Crippen molar-refractivity contribution in [3.63, 3.8) is 0 Å². The Morgan fingerprint density at radius 2 is 2.33 bits per heavy atom. The van der Waals surface area contributed by atoms with Gasteiger partial charge in [-0.25, -0.2) is 4.39 Å². The van der Waals surface area contributed by atoms with Crippen molar-refractivity contribution in [1.29, 1.82) is 0 Å². The quantitative estimate of drug-likeness (QED) is 0.425. The second kappa shape index (κ2) is 6.58. The maximum absolute atomic E-state index is 13.3. The number of carbonyl (C=O) groups excluding carboxylic acids is 1. The van der Waals surface area contributed by atoms with E-state index in [0.29, 0.717) is 23.4 Å². The number of hydrogen-bond donors (Lipinski definition) is 0. The zero-order valence-corrected chi connectivity index (χ0v) is 9.35. The Balaban J connectivity index is 2.62. The number of rotatable bonds is 6. The standard InChI is InChI=1S/C11H13FO2S/c1-14-6-3-7-15-11-9(8-13)4-2-5-10(11)12/h2,4-5,8H,3,6-7H2,1H3. The number of ether oxygens (including phenoxy) is 1. The molecule has 0 N–H and O–H groups in total. The van der Waals surface area contributed by atoms with Gasteiger partial charge < -0.3 is 4.74 Å². The molecular formula is C11H13FO2S. The fourth-order valence-electron chi connectivity index (χ4n) is 1.15. The molecular weight excluding hydrogens is 215 g/mol. The molecule has 0 aliphatic carbocycles. The molecule has 0 radical (unpaired) electrons. The Morgan fingerprint density at radius 3 is 3.00 bits per heavy atom. The fourth-order valence-corrected chi connectivity index (χ4v) is 2.10. The van der Waals surface area contributed by atoms with Crippen LogP contribution in [-0.4, -0.2) is 25.8 Å². The van der Waals surface area contributed by atoms with Crippen molar-refractivity contribution in [2.45, 2.75) is 11.3 Å². The molecule has 0 bridgehead atoms. The third-order valence-electron chi connectivity index (χ3n) is 1.86. The maximum atomic E-state index is 13.3. The van der Waals surface area contributed by atoms with Crippen LogP contribution in [0.15, 0.2) is 23.1 Å². The third kappa shape index (κ3) is 3.64. The summed E-state index contributed by atoms with van der Waals surface area (Å²) in [5.74, 6) is 0.414. The molecule has 0 heterocycles. The van der Waals surface area contributed by atoms with Crippen LogP contribution in [0.3, 0.4) is 0 Å². The predicted octanol–water partition coefficient (Wildman–Crippen LogP) is 2.77. The minimum atomic E-state index is -0.331. The van der Waals surface area contributed by atoms with E-state index in [1.54, 1.807) is 13.2 Å². The molecule has 1 aromatic carbocycles. The van der Waals surface area contributed by atoms with Gasteiger partial charge in [0.05, 0.1) is 4.90 Å². The van der Waals surface area contributed by atoms with Crippen molar-refractivity contribution in [2.75, 3.05) is 19.5 Å². The third-order valence-corrected chi connectivity index (χ3v) is 3.08. The summed E-state index contributed by atoms with van der Waals surface area (Å²) >= 11 is 1.35. The minimum absolute atomic E-state index is 0.331. The molecule has 0 saturated heterocycles. The summed E-state index contributed by atoms with van der Waals surface area (Å²) < 4.78 is 18.2. The van der Waals surface area contributed by atoms with Crippen LogP contribution in [0.4, 0.5) is 4.39 Å². The van der Waals surface area contributed by atoms with E-state index in [1.165, 1.54) is 23.9 Å². The van der Waals surface area contributed by atoms with Crippen LogP contribution in [0, 0.1) is 5.82 Å². The van der Waals surface area contributed by atoms with Gasteiger partial charge in [0.15, 0.2) is 6.29 Å². The average molecular weight is 228 g/mol. The Morgan fingerprint density at radius 1 is 1.53 bits per heavy atom. The summed E-state index contributed by atoms with van der Waals surface area (Å²) in [7, 11) is 1.63. The smallest absolute Gasteiger partial charge is 0.151 e. The van der Waals surface area contributed by atoms with Gasteiger partial charge in [-0.1, -0.05) is 12.1 Å². The summed E-state index contributed by atoms with van der Waals surface area (Å²) in [5, 5.41) is 0. The van der Waals surface area contributed by atoms with Crippen LogP contribution >= 0.6 is 11.8 Å². The molecule has 0 amide bonds. The summed E-state index contributed by atoms with van der Waals surface area (Å²) in [6.45, 7) is 0.651. The average Bonchev–Trinajstić information content (AvgIpc) is 2.26. The first-order valence-electron chi connectivity index (χ1n) is 4.65. The first kappa shape index (κ1) is 12.2. The van der Waals surface area contributed by atoms with E-state index in [9.17, 15) is 9.18 Å².